The van der Waals surface area contributed by atoms with Crippen LogP contribution in [0.25, 0.3) is 10.9 Å². The second-order valence-electron chi connectivity index (χ2n) is 13.2. The summed E-state index contributed by atoms with van der Waals surface area (Å²) in [5, 5.41) is 11.5. The molecule has 2 aromatic heterocycles. The van der Waals surface area contributed by atoms with Gasteiger partial charge in [-0.2, -0.15) is 0 Å². The maximum absolute atomic E-state index is 12.9. The van der Waals surface area contributed by atoms with Crippen LogP contribution in [-0.2, 0) is 27.5 Å². The molecule has 4 heterocycles. The highest BCUT2D eigenvalue weighted by Gasteiger charge is 2.40. The number of benzene rings is 2. The first-order valence-corrected chi connectivity index (χ1v) is 19.3. The number of anilines is 1. The molecule has 3 N–H and O–H groups in total. The molecule has 0 saturated carbocycles. The second-order valence-corrected chi connectivity index (χ2v) is 15.0. The molecule has 0 spiro atoms. The summed E-state index contributed by atoms with van der Waals surface area (Å²) in [6, 6.07) is 11.4. The molecule has 1 saturated heterocycles. The van der Waals surface area contributed by atoms with Gasteiger partial charge >= 0.3 is 0 Å². The normalized spacial score (nSPS) is 16.1. The van der Waals surface area contributed by atoms with Crippen molar-refractivity contribution in [1.29, 1.82) is 0 Å². The molecule has 2 atom stereocenters. The zero-order valence-electron chi connectivity index (χ0n) is 29.6. The number of carbonyl (C=O) groups is 4. The number of nitrogens with zero attached hydrogens (tertiary/aromatic N) is 3. The number of hydrogen-bond acceptors (Lipinski definition) is 10. The molecule has 2 aromatic carbocycles. The summed E-state index contributed by atoms with van der Waals surface area (Å²) in [6.07, 6.45) is 5.51. The second kappa shape index (κ2) is 16.8. The van der Waals surface area contributed by atoms with E-state index in [1.54, 1.807) is 12.5 Å². The molecule has 0 bridgehead atoms. The minimum absolute atomic E-state index is 0.0214. The van der Waals surface area contributed by atoms with Crippen LogP contribution in [0.1, 0.15) is 96.5 Å². The summed E-state index contributed by atoms with van der Waals surface area (Å²) in [5.74, 6) is 1.69. The molecular weight excluding hydrogens is 748 g/mol. The fourth-order valence-corrected chi connectivity index (χ4v) is 8.01. The van der Waals surface area contributed by atoms with E-state index in [0.29, 0.717) is 55.4 Å². The lowest BCUT2D eigenvalue weighted by Gasteiger charge is -2.29. The van der Waals surface area contributed by atoms with E-state index in [4.69, 9.17) is 9.47 Å². The number of aromatic nitrogens is 2. The molecule has 14 heteroatoms. The lowest BCUT2D eigenvalue weighted by molar-refractivity contribution is -0.137. The lowest BCUT2D eigenvalue weighted by Crippen LogP contribution is -2.52. The fourth-order valence-electron chi connectivity index (χ4n) is 6.62. The third-order valence-electron chi connectivity index (χ3n) is 9.43. The first kappa shape index (κ1) is 37.2. The highest BCUT2D eigenvalue weighted by molar-refractivity contribution is 9.10. The van der Waals surface area contributed by atoms with E-state index in [0.717, 1.165) is 69.3 Å². The Morgan fingerprint density at radius 1 is 1.10 bits per heavy atom. The van der Waals surface area contributed by atoms with Gasteiger partial charge in [0, 0.05) is 45.6 Å². The molecule has 4 amide bonds. The predicted molar refractivity (Wildman–Crippen MR) is 202 cm³/mol. The van der Waals surface area contributed by atoms with Crippen LogP contribution in [0.5, 0.6) is 11.5 Å². The van der Waals surface area contributed by atoms with Gasteiger partial charge in [-0.15, -0.1) is 11.3 Å². The Labute approximate surface area is 315 Å². The van der Waals surface area contributed by atoms with E-state index in [9.17, 15) is 19.2 Å². The maximum atomic E-state index is 12.9. The summed E-state index contributed by atoms with van der Waals surface area (Å²) >= 11 is 5.00. The molecule has 52 heavy (non-hydrogen) atoms. The summed E-state index contributed by atoms with van der Waals surface area (Å²) in [4.78, 5) is 61.2. The molecule has 274 valence electrons. The Hall–Kier alpha value is -4.56. The van der Waals surface area contributed by atoms with Crippen molar-refractivity contribution in [2.45, 2.75) is 90.4 Å². The van der Waals surface area contributed by atoms with Crippen LogP contribution in [0, 0.1) is 6.92 Å². The molecule has 1 fully saturated rings. The number of carbonyl (C=O) groups excluding carboxylic acids is 4. The van der Waals surface area contributed by atoms with Gasteiger partial charge in [-0.25, -0.2) is 9.97 Å². The van der Waals surface area contributed by atoms with Gasteiger partial charge in [0.1, 0.15) is 17.7 Å². The van der Waals surface area contributed by atoms with Crippen molar-refractivity contribution in [2.75, 3.05) is 19.0 Å². The molecule has 0 aliphatic carbocycles. The molecule has 6 rings (SSSR count). The van der Waals surface area contributed by atoms with Gasteiger partial charge in [-0.05, 0) is 62.4 Å². The summed E-state index contributed by atoms with van der Waals surface area (Å²) in [6.45, 7) is 5.16. The van der Waals surface area contributed by atoms with E-state index in [1.807, 2.05) is 31.2 Å². The first-order valence-electron chi connectivity index (χ1n) is 17.6. The smallest absolute Gasteiger partial charge is 0.256 e. The maximum Gasteiger partial charge on any atom is 0.256 e. The number of hydrogen-bond donors (Lipinski definition) is 3. The van der Waals surface area contributed by atoms with Gasteiger partial charge in [0.05, 0.1) is 37.4 Å². The van der Waals surface area contributed by atoms with Crippen molar-refractivity contribution in [3.05, 3.63) is 73.6 Å². The highest BCUT2D eigenvalue weighted by Crippen LogP contribution is 2.36. The van der Waals surface area contributed by atoms with Gasteiger partial charge in [-0.1, -0.05) is 47.3 Å². The van der Waals surface area contributed by atoms with Crippen LogP contribution in [0.15, 0.2) is 46.3 Å². The SMILES string of the molecule is COc1cc2c(N[C@H](C)c3cccc(Br)c3)nc(C)nc2cc1OCCCCCCCC(=O)NCc1scc2c1CN(C1CCC(=O)NC1=O)C2=O. The highest BCUT2D eigenvalue weighted by atomic mass is 79.9. The van der Waals surface area contributed by atoms with Gasteiger partial charge in [0.15, 0.2) is 11.5 Å². The zero-order chi connectivity index (χ0) is 36.8. The minimum Gasteiger partial charge on any atom is -0.493 e. The number of unbranched alkanes of at least 4 members (excludes halogenated alkanes) is 4. The van der Waals surface area contributed by atoms with Crippen LogP contribution < -0.4 is 25.4 Å². The number of aryl methyl sites for hydroxylation is 1. The third-order valence-corrected chi connectivity index (χ3v) is 11.0. The number of ether oxygens (including phenoxy) is 2. The number of halogens is 1. The molecular formula is C38H43BrN6O6S. The topological polar surface area (TPSA) is 152 Å². The van der Waals surface area contributed by atoms with Gasteiger partial charge < -0.3 is 25.0 Å². The van der Waals surface area contributed by atoms with Crippen molar-refractivity contribution in [1.82, 2.24) is 25.5 Å². The van der Waals surface area contributed by atoms with E-state index in [1.165, 1.54) is 16.2 Å². The van der Waals surface area contributed by atoms with Gasteiger partial charge in [0.25, 0.3) is 5.91 Å². The Kier molecular flexibility index (Phi) is 12.1. The molecule has 0 radical (unpaired) electrons. The molecule has 1 unspecified atom stereocenters. The van der Waals surface area contributed by atoms with Crippen LogP contribution >= 0.6 is 27.3 Å². The number of fused-ring (bicyclic) bond motifs is 2. The summed E-state index contributed by atoms with van der Waals surface area (Å²) in [5.41, 5.74) is 3.34. The number of methoxy groups -OCH3 is 1. The van der Waals surface area contributed by atoms with Crippen molar-refractivity contribution in [2.24, 2.45) is 0 Å². The monoisotopic (exact) mass is 790 g/mol. The average molecular weight is 792 g/mol. The Bertz CT molecular complexity index is 1980. The van der Waals surface area contributed by atoms with Crippen molar-refractivity contribution >= 4 is 67.6 Å². The number of amides is 4. The fraction of sp³-hybridized carbons (Fsp3) is 0.421. The summed E-state index contributed by atoms with van der Waals surface area (Å²) < 4.78 is 12.9. The number of piperidine rings is 1. The standard InChI is InChI=1S/C38H43BrN6O6S/c1-22(24-10-9-11-25(39)16-24)41-36-26-17-31(50-3)32(18-29(26)42-23(2)43-36)51-15-8-6-4-5-7-12-34(46)40-19-33-27-20-45(38(49)28(27)21-52-33)30-13-14-35(47)44-37(30)48/h9-11,16-18,21-22,30H,4-8,12-15,19-20H2,1-3H3,(H,40,46)(H,41,42,43)(H,44,47,48)/t22-,30?/m1/s1. The van der Waals surface area contributed by atoms with Crippen LogP contribution in [0.4, 0.5) is 5.82 Å². The minimum atomic E-state index is -0.646. The number of nitrogens with one attached hydrogen (secondary N) is 3. The average Bonchev–Trinajstić information content (AvgIpc) is 3.67. The van der Waals surface area contributed by atoms with E-state index in [-0.39, 0.29) is 30.2 Å². The van der Waals surface area contributed by atoms with Gasteiger partial charge in [-0.3, -0.25) is 24.5 Å². The summed E-state index contributed by atoms with van der Waals surface area (Å²) in [7, 11) is 1.63. The molecule has 4 aromatic rings. The Balaban J connectivity index is 0.909. The first-order chi connectivity index (χ1) is 25.1. The lowest BCUT2D eigenvalue weighted by atomic mass is 10.0. The van der Waals surface area contributed by atoms with Crippen molar-refractivity contribution in [3.8, 4) is 11.5 Å². The van der Waals surface area contributed by atoms with Crippen LogP contribution in [0.2, 0.25) is 0 Å². The molecule has 12 nitrogen and oxygen atoms in total. The third kappa shape index (κ3) is 8.72. The number of rotatable bonds is 16. The van der Waals surface area contributed by atoms with Crippen LogP contribution in [-0.4, -0.2) is 58.3 Å². The Morgan fingerprint density at radius 2 is 1.90 bits per heavy atom. The number of imide groups is 1. The van der Waals surface area contributed by atoms with Crippen molar-refractivity contribution < 1.29 is 28.7 Å². The zero-order valence-corrected chi connectivity index (χ0v) is 32.0. The molecule has 2 aliphatic rings. The largest absolute Gasteiger partial charge is 0.493 e. The van der Waals surface area contributed by atoms with E-state index >= 15 is 0 Å². The molecule has 2 aliphatic heterocycles. The van der Waals surface area contributed by atoms with Crippen LogP contribution in [0.3, 0.4) is 0 Å². The number of thiophene rings is 1. The quantitative estimate of drug-likeness (QED) is 0.0828. The van der Waals surface area contributed by atoms with Gasteiger partial charge in [0.2, 0.25) is 17.7 Å². The predicted octanol–water partition coefficient (Wildman–Crippen LogP) is 6.74. The van der Waals surface area contributed by atoms with Crippen molar-refractivity contribution in [3.63, 3.8) is 0 Å². The Morgan fingerprint density at radius 3 is 2.69 bits per heavy atom. The van der Waals surface area contributed by atoms with E-state index < -0.39 is 11.9 Å². The van der Waals surface area contributed by atoms with E-state index in [2.05, 4.69) is 60.9 Å².